The molecule has 0 aliphatic carbocycles. The highest BCUT2D eigenvalue weighted by Crippen LogP contribution is 2.29. The van der Waals surface area contributed by atoms with E-state index >= 15 is 0 Å². The van der Waals surface area contributed by atoms with Crippen LogP contribution in [0.15, 0.2) is 48.5 Å². The average molecular weight is 476 g/mol. The third-order valence-electron chi connectivity index (χ3n) is 6.60. The van der Waals surface area contributed by atoms with Gasteiger partial charge in [-0.3, -0.25) is 4.79 Å². The molecule has 7 nitrogen and oxygen atoms in total. The molecule has 1 atom stereocenters. The summed E-state index contributed by atoms with van der Waals surface area (Å²) in [5.74, 6) is -1.21. The molecule has 0 radical (unpaired) electrons. The summed E-state index contributed by atoms with van der Waals surface area (Å²) >= 11 is 0. The Hall–Kier alpha value is -3.73. The number of nitrogens with zero attached hydrogens (tertiary/aromatic N) is 5. The largest absolute Gasteiger partial charge is 0.464 e. The zero-order valence-corrected chi connectivity index (χ0v) is 20.2. The summed E-state index contributed by atoms with van der Waals surface area (Å²) in [5, 5.41) is 9.96. The first-order chi connectivity index (χ1) is 17.0. The van der Waals surface area contributed by atoms with Gasteiger partial charge in [-0.2, -0.15) is 5.26 Å². The summed E-state index contributed by atoms with van der Waals surface area (Å²) < 4.78 is 18.9. The standard InChI is InChI=1S/C27H30FN5O2/c1-3-19(4-2)18-35-27(34)22(17-29)25-26(31-24-8-6-5-7-23(24)30-25)33-15-13-32(14-16-33)21-11-9-20(28)10-12-21/h5-12,19,22H,3-4,13-16,18H2,1-2H3/t22-/m0/s1. The van der Waals surface area contributed by atoms with E-state index in [0.717, 1.165) is 18.5 Å². The summed E-state index contributed by atoms with van der Waals surface area (Å²) in [4.78, 5) is 26.8. The van der Waals surface area contributed by atoms with Crippen molar-refractivity contribution in [2.45, 2.75) is 32.6 Å². The summed E-state index contributed by atoms with van der Waals surface area (Å²) in [6.07, 6.45) is 1.81. The number of halogens is 1. The maximum absolute atomic E-state index is 13.3. The van der Waals surface area contributed by atoms with Crippen molar-refractivity contribution >= 4 is 28.5 Å². The van der Waals surface area contributed by atoms with Gasteiger partial charge in [0.05, 0.1) is 23.7 Å². The summed E-state index contributed by atoms with van der Waals surface area (Å²) in [7, 11) is 0. The molecule has 4 rings (SSSR count). The van der Waals surface area contributed by atoms with Gasteiger partial charge in [0, 0.05) is 31.9 Å². The highest BCUT2D eigenvalue weighted by atomic mass is 19.1. The van der Waals surface area contributed by atoms with Crippen LogP contribution in [0.4, 0.5) is 15.9 Å². The molecular weight excluding hydrogens is 445 g/mol. The van der Waals surface area contributed by atoms with Gasteiger partial charge < -0.3 is 14.5 Å². The minimum absolute atomic E-state index is 0.262. The molecule has 1 aliphatic rings. The lowest BCUT2D eigenvalue weighted by Crippen LogP contribution is -2.47. The molecule has 2 aromatic carbocycles. The Morgan fingerprint density at radius 1 is 1.00 bits per heavy atom. The molecule has 1 fully saturated rings. The third-order valence-corrected chi connectivity index (χ3v) is 6.60. The molecule has 2 heterocycles. The smallest absolute Gasteiger partial charge is 0.329 e. The van der Waals surface area contributed by atoms with Gasteiger partial charge >= 0.3 is 5.97 Å². The van der Waals surface area contributed by atoms with Crippen LogP contribution in [0.2, 0.25) is 0 Å². The Morgan fingerprint density at radius 2 is 1.60 bits per heavy atom. The highest BCUT2D eigenvalue weighted by Gasteiger charge is 2.31. The van der Waals surface area contributed by atoms with Crippen LogP contribution in [0, 0.1) is 23.1 Å². The first-order valence-corrected chi connectivity index (χ1v) is 12.1. The summed E-state index contributed by atoms with van der Waals surface area (Å²) in [5.41, 5.74) is 2.62. The topological polar surface area (TPSA) is 82.3 Å². The van der Waals surface area contributed by atoms with Crippen LogP contribution in [-0.2, 0) is 9.53 Å². The maximum Gasteiger partial charge on any atom is 0.329 e. The quantitative estimate of drug-likeness (QED) is 0.438. The van der Waals surface area contributed by atoms with E-state index in [1.54, 1.807) is 12.1 Å². The summed E-state index contributed by atoms with van der Waals surface area (Å²) in [6, 6.07) is 16.0. The van der Waals surface area contributed by atoms with Crippen LogP contribution >= 0.6 is 0 Å². The average Bonchev–Trinajstić information content (AvgIpc) is 2.90. The molecule has 1 aliphatic heterocycles. The second-order valence-electron chi connectivity index (χ2n) is 8.75. The van der Waals surface area contributed by atoms with E-state index in [1.807, 2.05) is 24.3 Å². The highest BCUT2D eigenvalue weighted by molar-refractivity contribution is 5.85. The van der Waals surface area contributed by atoms with Gasteiger partial charge in [-0.25, -0.2) is 14.4 Å². The second-order valence-corrected chi connectivity index (χ2v) is 8.75. The van der Waals surface area contributed by atoms with Crippen LogP contribution in [0.1, 0.15) is 38.3 Å². The van der Waals surface area contributed by atoms with Crippen molar-refractivity contribution < 1.29 is 13.9 Å². The molecule has 182 valence electrons. The van der Waals surface area contributed by atoms with Crippen molar-refractivity contribution in [1.82, 2.24) is 9.97 Å². The first-order valence-electron chi connectivity index (χ1n) is 12.1. The molecule has 0 saturated carbocycles. The minimum Gasteiger partial charge on any atom is -0.464 e. The first kappa shape index (κ1) is 24.4. The second kappa shape index (κ2) is 11.1. The molecular formula is C27H30FN5O2. The molecule has 1 saturated heterocycles. The van der Waals surface area contributed by atoms with Gasteiger partial charge in [0.2, 0.25) is 0 Å². The molecule has 0 amide bonds. The van der Waals surface area contributed by atoms with Gasteiger partial charge in [0.15, 0.2) is 11.7 Å². The number of para-hydroxylation sites is 2. The number of hydrogen-bond donors (Lipinski definition) is 0. The Kier molecular flexibility index (Phi) is 7.76. The van der Waals surface area contributed by atoms with Gasteiger partial charge in [0.1, 0.15) is 11.5 Å². The van der Waals surface area contributed by atoms with Crippen molar-refractivity contribution in [1.29, 1.82) is 5.26 Å². The number of rotatable bonds is 8. The zero-order chi connectivity index (χ0) is 24.8. The van der Waals surface area contributed by atoms with Crippen LogP contribution in [-0.4, -0.2) is 48.7 Å². The van der Waals surface area contributed by atoms with Crippen LogP contribution in [0.3, 0.4) is 0 Å². The fourth-order valence-electron chi connectivity index (χ4n) is 4.29. The van der Waals surface area contributed by atoms with Gasteiger partial charge in [-0.1, -0.05) is 38.8 Å². The normalized spacial score (nSPS) is 14.7. The van der Waals surface area contributed by atoms with Crippen LogP contribution < -0.4 is 9.80 Å². The molecule has 0 bridgehead atoms. The van der Waals surface area contributed by atoms with Crippen molar-refractivity contribution in [3.8, 4) is 6.07 Å². The zero-order valence-electron chi connectivity index (χ0n) is 20.2. The fraction of sp³-hybridized carbons (Fsp3) is 0.407. The molecule has 0 N–H and O–H groups in total. The van der Waals surface area contributed by atoms with E-state index in [4.69, 9.17) is 14.7 Å². The maximum atomic E-state index is 13.3. The monoisotopic (exact) mass is 475 g/mol. The van der Waals surface area contributed by atoms with Crippen molar-refractivity contribution in [2.75, 3.05) is 42.6 Å². The van der Waals surface area contributed by atoms with Crippen LogP contribution in [0.5, 0.6) is 0 Å². The number of nitriles is 1. The Balaban J connectivity index is 1.60. The lowest BCUT2D eigenvalue weighted by molar-refractivity contribution is -0.145. The lowest BCUT2D eigenvalue weighted by atomic mass is 10.0. The van der Waals surface area contributed by atoms with Crippen LogP contribution in [0.25, 0.3) is 11.0 Å². The molecule has 8 heteroatoms. The van der Waals surface area contributed by atoms with Crippen molar-refractivity contribution in [3.63, 3.8) is 0 Å². The number of esters is 1. The van der Waals surface area contributed by atoms with E-state index in [2.05, 4.69) is 29.7 Å². The molecule has 3 aromatic rings. The number of hydrogen-bond acceptors (Lipinski definition) is 7. The van der Waals surface area contributed by atoms with Gasteiger partial charge in [0.25, 0.3) is 0 Å². The number of piperazine rings is 1. The van der Waals surface area contributed by atoms with E-state index in [-0.39, 0.29) is 18.3 Å². The lowest BCUT2D eigenvalue weighted by Gasteiger charge is -2.37. The Labute approximate surface area is 205 Å². The molecule has 0 unspecified atom stereocenters. The van der Waals surface area contributed by atoms with E-state index in [1.165, 1.54) is 12.1 Å². The third kappa shape index (κ3) is 5.51. The number of carbonyl (C=O) groups is 1. The SMILES string of the molecule is CCC(CC)COC(=O)[C@@H](C#N)c1nc2ccccc2nc1N1CCN(c2ccc(F)cc2)CC1. The predicted molar refractivity (Wildman–Crippen MR) is 134 cm³/mol. The fourth-order valence-corrected chi connectivity index (χ4v) is 4.29. The number of ether oxygens (including phenoxy) is 1. The molecule has 1 aromatic heterocycles. The molecule has 0 spiro atoms. The van der Waals surface area contributed by atoms with E-state index < -0.39 is 11.9 Å². The van der Waals surface area contributed by atoms with E-state index in [0.29, 0.717) is 48.7 Å². The Morgan fingerprint density at radius 3 is 2.20 bits per heavy atom. The number of anilines is 2. The number of carbonyl (C=O) groups excluding carboxylic acids is 1. The minimum atomic E-state index is -1.16. The number of fused-ring (bicyclic) bond motifs is 1. The predicted octanol–water partition coefficient (Wildman–Crippen LogP) is 4.68. The molecule has 35 heavy (non-hydrogen) atoms. The van der Waals surface area contributed by atoms with Gasteiger partial charge in [-0.15, -0.1) is 0 Å². The number of aromatic nitrogens is 2. The van der Waals surface area contributed by atoms with Crippen molar-refractivity contribution in [2.24, 2.45) is 5.92 Å². The van der Waals surface area contributed by atoms with Crippen molar-refractivity contribution in [3.05, 3.63) is 60.0 Å². The number of benzene rings is 2. The summed E-state index contributed by atoms with van der Waals surface area (Å²) in [6.45, 7) is 7.03. The van der Waals surface area contributed by atoms with E-state index in [9.17, 15) is 14.4 Å². The Bertz CT molecular complexity index is 1200. The van der Waals surface area contributed by atoms with Gasteiger partial charge in [-0.05, 0) is 42.3 Å².